The van der Waals surface area contributed by atoms with E-state index in [0.717, 1.165) is 24.1 Å². The van der Waals surface area contributed by atoms with Crippen LogP contribution in [-0.2, 0) is 10.3 Å². The molecule has 3 fully saturated rings. The van der Waals surface area contributed by atoms with Gasteiger partial charge in [0.15, 0.2) is 0 Å². The second-order valence-corrected chi connectivity index (χ2v) is 13.1. The van der Waals surface area contributed by atoms with Crippen molar-refractivity contribution in [2.45, 2.75) is 96.8 Å². The van der Waals surface area contributed by atoms with Gasteiger partial charge in [0.05, 0.1) is 22.3 Å². The van der Waals surface area contributed by atoms with Crippen molar-refractivity contribution in [3.05, 3.63) is 52.6 Å². The SMILES string of the molecule is CC(C)(C)n1ccc(C2C[C@@H](C(=O)N[C@H]3CC4CC[C@]3(C)C4(C)C)N[C@H]2c2ccc(Cl)c(F)c2)n1. The largest absolute Gasteiger partial charge is 0.351 e. The van der Waals surface area contributed by atoms with Crippen LogP contribution in [0.5, 0.6) is 0 Å². The zero-order valence-corrected chi connectivity index (χ0v) is 22.4. The monoisotopic (exact) mass is 500 g/mol. The van der Waals surface area contributed by atoms with Gasteiger partial charge in [-0.05, 0) is 87.0 Å². The van der Waals surface area contributed by atoms with E-state index < -0.39 is 5.82 Å². The fourth-order valence-electron chi connectivity index (χ4n) is 6.90. The molecule has 1 aliphatic heterocycles. The third-order valence-corrected chi connectivity index (χ3v) is 9.99. The van der Waals surface area contributed by atoms with Crippen molar-refractivity contribution in [3.8, 4) is 0 Å². The van der Waals surface area contributed by atoms with Gasteiger partial charge in [-0.25, -0.2) is 4.39 Å². The van der Waals surface area contributed by atoms with Crippen molar-refractivity contribution < 1.29 is 9.18 Å². The summed E-state index contributed by atoms with van der Waals surface area (Å²) in [6, 6.07) is 6.53. The predicted octanol–water partition coefficient (Wildman–Crippen LogP) is 5.95. The Morgan fingerprint density at radius 3 is 2.54 bits per heavy atom. The molecule has 2 aliphatic carbocycles. The Morgan fingerprint density at radius 1 is 1.23 bits per heavy atom. The zero-order chi connectivity index (χ0) is 25.3. The highest BCUT2D eigenvalue weighted by atomic mass is 35.5. The Labute approximate surface area is 213 Å². The van der Waals surface area contributed by atoms with Crippen LogP contribution in [0.3, 0.4) is 0 Å². The second-order valence-electron chi connectivity index (χ2n) is 12.7. The van der Waals surface area contributed by atoms with E-state index in [9.17, 15) is 9.18 Å². The number of nitrogens with zero attached hydrogens (tertiary/aromatic N) is 2. The van der Waals surface area contributed by atoms with Gasteiger partial charge in [-0.3, -0.25) is 14.8 Å². The number of carbonyl (C=O) groups excluding carboxylic acids is 1. The van der Waals surface area contributed by atoms with Crippen molar-refractivity contribution >= 4 is 17.5 Å². The molecule has 2 aromatic rings. The van der Waals surface area contributed by atoms with Crippen LogP contribution in [0.15, 0.2) is 30.5 Å². The summed E-state index contributed by atoms with van der Waals surface area (Å²) < 4.78 is 16.3. The molecule has 1 amide bonds. The minimum Gasteiger partial charge on any atom is -0.351 e. The lowest BCUT2D eigenvalue weighted by Crippen LogP contribution is -2.51. The predicted molar refractivity (Wildman–Crippen MR) is 137 cm³/mol. The Balaban J connectivity index is 1.40. The standard InChI is InChI=1S/C28H38ClFN4O/c1-26(2,3)34-12-10-21(33-34)18-15-22(31-24(18)16-7-8-19(29)20(30)13-16)25(35)32-23-14-17-9-11-28(23,6)27(17,4)5/h7-8,10,12-13,17-18,22-24,31H,9,11,14-15H2,1-6H3,(H,32,35)/t17?,18?,22-,23-,24-,28-/m0/s1. The van der Waals surface area contributed by atoms with E-state index in [4.69, 9.17) is 16.7 Å². The van der Waals surface area contributed by atoms with Gasteiger partial charge in [0.25, 0.3) is 0 Å². The molecule has 0 radical (unpaired) electrons. The van der Waals surface area contributed by atoms with E-state index >= 15 is 0 Å². The number of hydrogen-bond acceptors (Lipinski definition) is 3. The Kier molecular flexibility index (Phi) is 5.88. The number of rotatable bonds is 4. The summed E-state index contributed by atoms with van der Waals surface area (Å²) in [7, 11) is 0. The van der Waals surface area contributed by atoms with Crippen LogP contribution < -0.4 is 10.6 Å². The summed E-state index contributed by atoms with van der Waals surface area (Å²) in [5.74, 6) is 0.196. The van der Waals surface area contributed by atoms with Gasteiger partial charge < -0.3 is 5.32 Å². The third-order valence-electron chi connectivity index (χ3n) is 9.68. The molecule has 2 N–H and O–H groups in total. The lowest BCUT2D eigenvalue weighted by atomic mass is 9.69. The van der Waals surface area contributed by atoms with Crippen molar-refractivity contribution in [2.24, 2.45) is 16.7 Å². The van der Waals surface area contributed by atoms with Gasteiger partial charge in [-0.2, -0.15) is 5.10 Å². The van der Waals surface area contributed by atoms with Crippen molar-refractivity contribution in [2.75, 3.05) is 0 Å². The molecule has 1 aromatic heterocycles. The molecule has 2 heterocycles. The van der Waals surface area contributed by atoms with Gasteiger partial charge in [0.2, 0.25) is 5.91 Å². The lowest BCUT2D eigenvalue weighted by Gasteiger charge is -2.39. The van der Waals surface area contributed by atoms with E-state index in [2.05, 4.69) is 52.2 Å². The maximum Gasteiger partial charge on any atom is 0.237 e. The highest BCUT2D eigenvalue weighted by Gasteiger charge is 2.61. The quantitative estimate of drug-likeness (QED) is 0.545. The Morgan fingerprint density at radius 2 is 1.97 bits per heavy atom. The molecule has 2 saturated carbocycles. The summed E-state index contributed by atoms with van der Waals surface area (Å²) >= 11 is 5.96. The van der Waals surface area contributed by atoms with Gasteiger partial charge >= 0.3 is 0 Å². The normalized spacial score (nSPS) is 33.9. The summed E-state index contributed by atoms with van der Waals surface area (Å²) in [6.45, 7) is 13.4. The minimum absolute atomic E-state index is 0.0387. The topological polar surface area (TPSA) is 59.0 Å². The van der Waals surface area contributed by atoms with Crippen molar-refractivity contribution in [1.29, 1.82) is 0 Å². The van der Waals surface area contributed by atoms with Gasteiger partial charge in [0.1, 0.15) is 5.82 Å². The van der Waals surface area contributed by atoms with E-state index in [0.29, 0.717) is 12.3 Å². The van der Waals surface area contributed by atoms with Crippen molar-refractivity contribution in [1.82, 2.24) is 20.4 Å². The average Bonchev–Trinajstić information content (AvgIpc) is 3.51. The molecule has 190 valence electrons. The number of fused-ring (bicyclic) bond motifs is 2. The first-order valence-electron chi connectivity index (χ1n) is 12.9. The fraction of sp³-hybridized carbons (Fsp3) is 0.643. The fourth-order valence-corrected chi connectivity index (χ4v) is 7.02. The molecule has 6 atom stereocenters. The lowest BCUT2D eigenvalue weighted by molar-refractivity contribution is -0.124. The molecule has 7 heteroatoms. The number of aromatic nitrogens is 2. The molecule has 5 rings (SSSR count). The van der Waals surface area contributed by atoms with Crippen LogP contribution in [0.1, 0.15) is 90.4 Å². The van der Waals surface area contributed by atoms with Crippen LogP contribution in [0.4, 0.5) is 4.39 Å². The Bertz CT molecular complexity index is 1140. The maximum atomic E-state index is 14.4. The van der Waals surface area contributed by atoms with E-state index in [1.54, 1.807) is 6.07 Å². The van der Waals surface area contributed by atoms with Gasteiger partial charge in [0, 0.05) is 24.2 Å². The van der Waals surface area contributed by atoms with Crippen LogP contribution in [0.25, 0.3) is 0 Å². The van der Waals surface area contributed by atoms with Crippen LogP contribution in [0.2, 0.25) is 5.02 Å². The minimum atomic E-state index is -0.449. The number of amides is 1. The average molecular weight is 501 g/mol. The molecule has 1 saturated heterocycles. The smallest absolute Gasteiger partial charge is 0.237 e. The molecular formula is C28H38ClFN4O. The summed E-state index contributed by atoms with van der Waals surface area (Å²) in [4.78, 5) is 13.6. The van der Waals surface area contributed by atoms with Crippen LogP contribution in [0, 0.1) is 22.6 Å². The summed E-state index contributed by atoms with van der Waals surface area (Å²) in [6.07, 6.45) is 6.05. The molecule has 35 heavy (non-hydrogen) atoms. The first-order chi connectivity index (χ1) is 16.3. The molecule has 0 spiro atoms. The van der Waals surface area contributed by atoms with E-state index in [1.807, 2.05) is 23.0 Å². The van der Waals surface area contributed by atoms with Crippen LogP contribution >= 0.6 is 11.6 Å². The highest BCUT2D eigenvalue weighted by Crippen LogP contribution is 2.65. The molecule has 3 aliphatic rings. The van der Waals surface area contributed by atoms with Gasteiger partial charge in [-0.15, -0.1) is 0 Å². The molecule has 5 nitrogen and oxygen atoms in total. The highest BCUT2D eigenvalue weighted by molar-refractivity contribution is 6.30. The second kappa shape index (κ2) is 8.31. The summed E-state index contributed by atoms with van der Waals surface area (Å²) in [5, 5.41) is 11.9. The van der Waals surface area contributed by atoms with E-state index in [-0.39, 0.29) is 51.3 Å². The first kappa shape index (κ1) is 24.8. The number of benzene rings is 1. The van der Waals surface area contributed by atoms with E-state index in [1.165, 1.54) is 12.5 Å². The maximum absolute atomic E-state index is 14.4. The molecule has 1 aromatic carbocycles. The van der Waals surface area contributed by atoms with Crippen LogP contribution in [-0.4, -0.2) is 27.8 Å². The van der Waals surface area contributed by atoms with Crippen molar-refractivity contribution in [3.63, 3.8) is 0 Å². The molecule has 2 bridgehead atoms. The third kappa shape index (κ3) is 4.01. The number of hydrogen-bond donors (Lipinski definition) is 2. The van der Waals surface area contributed by atoms with Gasteiger partial charge in [-0.1, -0.05) is 38.4 Å². The molecular weight excluding hydrogens is 463 g/mol. The summed E-state index contributed by atoms with van der Waals surface area (Å²) in [5.41, 5.74) is 1.91. The Hall–Kier alpha value is -1.92. The molecule has 2 unspecified atom stereocenters. The first-order valence-corrected chi connectivity index (χ1v) is 13.3. The number of nitrogens with one attached hydrogen (secondary N) is 2. The zero-order valence-electron chi connectivity index (χ0n) is 21.7. The number of carbonyl (C=O) groups is 1. The number of halogens is 2.